The van der Waals surface area contributed by atoms with Gasteiger partial charge in [-0.15, -0.1) is 11.8 Å². The first-order valence-corrected chi connectivity index (χ1v) is 4.24. The molecule has 0 saturated heterocycles. The second-order valence-corrected chi connectivity index (χ2v) is 3.16. The maximum Gasteiger partial charge on any atom is 0.126 e. The Balaban J connectivity index is 2.75. The molecule has 54 valence electrons. The average Bonchev–Trinajstić information content (AvgIpc) is 1.88. The number of hydrogen-bond donors (Lipinski definition) is 0. The molecule has 0 aliphatic carbocycles. The van der Waals surface area contributed by atoms with Gasteiger partial charge >= 0.3 is 0 Å². The second kappa shape index (κ2) is 3.56. The number of rotatable bonds is 2. The molecule has 0 aromatic carbocycles. The highest BCUT2D eigenvalue weighted by Gasteiger charge is 1.92. The summed E-state index contributed by atoms with van der Waals surface area (Å²) in [6.07, 6.45) is 1.79. The summed E-state index contributed by atoms with van der Waals surface area (Å²) in [5.74, 6) is 1.91. The van der Waals surface area contributed by atoms with Gasteiger partial charge in [0.05, 0.1) is 5.03 Å². The smallest absolute Gasteiger partial charge is 0.126 e. The molecule has 0 aliphatic rings. The highest BCUT2D eigenvalue weighted by atomic mass is 32.2. The lowest BCUT2D eigenvalue weighted by Crippen LogP contribution is -1.87. The zero-order valence-electron chi connectivity index (χ0n) is 6.16. The molecule has 1 heterocycles. The number of nitrogens with zero attached hydrogens (tertiary/aromatic N) is 2. The van der Waals surface area contributed by atoms with Crippen LogP contribution >= 0.6 is 11.8 Å². The first kappa shape index (κ1) is 7.54. The third-order valence-electron chi connectivity index (χ3n) is 1.04. The number of aryl methyl sites for hydroxylation is 1. The fourth-order valence-corrected chi connectivity index (χ4v) is 1.31. The summed E-state index contributed by atoms with van der Waals surface area (Å²) < 4.78 is 0. The van der Waals surface area contributed by atoms with Crippen molar-refractivity contribution in [2.75, 3.05) is 5.75 Å². The summed E-state index contributed by atoms with van der Waals surface area (Å²) in [4.78, 5) is 8.21. The third-order valence-corrected chi connectivity index (χ3v) is 1.85. The zero-order chi connectivity index (χ0) is 7.40. The van der Waals surface area contributed by atoms with Gasteiger partial charge in [0.15, 0.2) is 0 Å². The summed E-state index contributed by atoms with van der Waals surface area (Å²) in [6.45, 7) is 4.02. The molecule has 1 rings (SSSR count). The van der Waals surface area contributed by atoms with Crippen LogP contribution in [-0.2, 0) is 0 Å². The van der Waals surface area contributed by atoms with Crippen LogP contribution in [0.25, 0.3) is 0 Å². The van der Waals surface area contributed by atoms with Crippen LogP contribution in [0.3, 0.4) is 0 Å². The quantitative estimate of drug-likeness (QED) is 0.480. The molecule has 0 amide bonds. The summed E-state index contributed by atoms with van der Waals surface area (Å²) in [5.41, 5.74) is 0. The van der Waals surface area contributed by atoms with Gasteiger partial charge in [0, 0.05) is 6.20 Å². The first-order valence-electron chi connectivity index (χ1n) is 3.25. The van der Waals surface area contributed by atoms with Crippen LogP contribution in [0.15, 0.2) is 17.3 Å². The van der Waals surface area contributed by atoms with Gasteiger partial charge in [0.25, 0.3) is 0 Å². The molecule has 3 heteroatoms. The van der Waals surface area contributed by atoms with E-state index < -0.39 is 0 Å². The molecule has 0 radical (unpaired) electrons. The zero-order valence-corrected chi connectivity index (χ0v) is 6.98. The average molecular weight is 154 g/mol. The van der Waals surface area contributed by atoms with Gasteiger partial charge in [-0.25, -0.2) is 9.97 Å². The Bertz CT molecular complexity index is 213. The lowest BCUT2D eigenvalue weighted by Gasteiger charge is -1.95. The Morgan fingerprint density at radius 1 is 1.60 bits per heavy atom. The van der Waals surface area contributed by atoms with Crippen molar-refractivity contribution >= 4 is 11.8 Å². The minimum atomic E-state index is 0.846. The van der Waals surface area contributed by atoms with E-state index >= 15 is 0 Å². The predicted molar refractivity (Wildman–Crippen MR) is 43.2 cm³/mol. The van der Waals surface area contributed by atoms with Gasteiger partial charge < -0.3 is 0 Å². The molecular formula is C7H10N2S. The van der Waals surface area contributed by atoms with Crippen LogP contribution in [0.2, 0.25) is 0 Å². The van der Waals surface area contributed by atoms with Crippen molar-refractivity contribution in [3.8, 4) is 0 Å². The molecule has 10 heavy (non-hydrogen) atoms. The van der Waals surface area contributed by atoms with Crippen molar-refractivity contribution < 1.29 is 0 Å². The summed E-state index contributed by atoms with van der Waals surface area (Å²) >= 11 is 1.74. The van der Waals surface area contributed by atoms with Gasteiger partial charge in [0.1, 0.15) is 5.82 Å². The fraction of sp³-hybridized carbons (Fsp3) is 0.429. The molecule has 0 fully saturated rings. The van der Waals surface area contributed by atoms with Crippen molar-refractivity contribution in [1.29, 1.82) is 0 Å². The molecule has 0 saturated carbocycles. The van der Waals surface area contributed by atoms with E-state index in [1.54, 1.807) is 18.0 Å². The molecule has 0 aliphatic heterocycles. The Kier molecular flexibility index (Phi) is 2.68. The largest absolute Gasteiger partial charge is 0.242 e. The maximum atomic E-state index is 4.21. The van der Waals surface area contributed by atoms with Gasteiger partial charge in [-0.3, -0.25) is 0 Å². The topological polar surface area (TPSA) is 25.8 Å². The van der Waals surface area contributed by atoms with E-state index in [-0.39, 0.29) is 0 Å². The SMILES string of the molecule is CCSc1ccnc(C)n1. The maximum absolute atomic E-state index is 4.21. The third kappa shape index (κ3) is 1.99. The van der Waals surface area contributed by atoms with Crippen molar-refractivity contribution in [2.24, 2.45) is 0 Å². The molecule has 0 bridgehead atoms. The molecule has 2 nitrogen and oxygen atoms in total. The normalized spacial score (nSPS) is 9.80. The first-order chi connectivity index (χ1) is 4.83. The number of aromatic nitrogens is 2. The molecule has 0 unspecified atom stereocenters. The van der Waals surface area contributed by atoms with E-state index in [9.17, 15) is 0 Å². The van der Waals surface area contributed by atoms with E-state index in [1.807, 2.05) is 13.0 Å². The molecular weight excluding hydrogens is 144 g/mol. The van der Waals surface area contributed by atoms with Gasteiger partial charge in [-0.1, -0.05) is 6.92 Å². The highest BCUT2D eigenvalue weighted by molar-refractivity contribution is 7.99. The Labute approximate surface area is 65.1 Å². The van der Waals surface area contributed by atoms with Crippen molar-refractivity contribution in [2.45, 2.75) is 18.9 Å². The molecule has 0 N–H and O–H groups in total. The van der Waals surface area contributed by atoms with E-state index in [2.05, 4.69) is 16.9 Å². The van der Waals surface area contributed by atoms with Crippen LogP contribution in [0.1, 0.15) is 12.7 Å². The van der Waals surface area contributed by atoms with Crippen LogP contribution in [0, 0.1) is 6.92 Å². The molecule has 0 atom stereocenters. The Morgan fingerprint density at radius 2 is 2.40 bits per heavy atom. The minimum Gasteiger partial charge on any atom is -0.242 e. The standard InChI is InChI=1S/C7H10N2S/c1-3-10-7-4-5-8-6(2)9-7/h4-5H,3H2,1-2H3. The Morgan fingerprint density at radius 3 is 3.00 bits per heavy atom. The second-order valence-electron chi connectivity index (χ2n) is 1.88. The number of hydrogen-bond acceptors (Lipinski definition) is 3. The van der Waals surface area contributed by atoms with E-state index in [1.165, 1.54) is 0 Å². The number of thioether (sulfide) groups is 1. The lowest BCUT2D eigenvalue weighted by molar-refractivity contribution is 0.968. The van der Waals surface area contributed by atoms with Crippen molar-refractivity contribution in [3.63, 3.8) is 0 Å². The van der Waals surface area contributed by atoms with E-state index in [0.717, 1.165) is 16.6 Å². The minimum absolute atomic E-state index is 0.846. The van der Waals surface area contributed by atoms with Crippen LogP contribution in [0.4, 0.5) is 0 Å². The highest BCUT2D eigenvalue weighted by Crippen LogP contribution is 2.12. The van der Waals surface area contributed by atoms with Crippen LogP contribution < -0.4 is 0 Å². The lowest BCUT2D eigenvalue weighted by atomic mass is 10.6. The summed E-state index contributed by atoms with van der Waals surface area (Å²) in [5, 5.41) is 1.06. The van der Waals surface area contributed by atoms with E-state index in [4.69, 9.17) is 0 Å². The van der Waals surface area contributed by atoms with Crippen molar-refractivity contribution in [3.05, 3.63) is 18.1 Å². The molecule has 1 aromatic rings. The monoisotopic (exact) mass is 154 g/mol. The van der Waals surface area contributed by atoms with Gasteiger partial charge in [-0.05, 0) is 18.7 Å². The molecule has 0 spiro atoms. The van der Waals surface area contributed by atoms with Gasteiger partial charge in [0.2, 0.25) is 0 Å². The predicted octanol–water partition coefficient (Wildman–Crippen LogP) is 1.90. The summed E-state index contributed by atoms with van der Waals surface area (Å²) in [6, 6.07) is 1.93. The van der Waals surface area contributed by atoms with Crippen molar-refractivity contribution in [1.82, 2.24) is 9.97 Å². The Hall–Kier alpha value is -0.570. The van der Waals surface area contributed by atoms with Crippen LogP contribution in [-0.4, -0.2) is 15.7 Å². The van der Waals surface area contributed by atoms with E-state index in [0.29, 0.717) is 0 Å². The summed E-state index contributed by atoms with van der Waals surface area (Å²) in [7, 11) is 0. The van der Waals surface area contributed by atoms with Gasteiger partial charge in [-0.2, -0.15) is 0 Å². The van der Waals surface area contributed by atoms with Crippen LogP contribution in [0.5, 0.6) is 0 Å². The molecule has 1 aromatic heterocycles. The fourth-order valence-electron chi connectivity index (χ4n) is 0.663.